The highest BCUT2D eigenvalue weighted by atomic mass is 16.5. The summed E-state index contributed by atoms with van der Waals surface area (Å²) in [5, 5.41) is 10.1. The molecular weight excluding hydrogens is 294 g/mol. The molecule has 0 atom stereocenters. The molecule has 1 N–H and O–H groups in total. The second-order valence-electron chi connectivity index (χ2n) is 5.32. The summed E-state index contributed by atoms with van der Waals surface area (Å²) in [6.07, 6.45) is 1.77. The molecule has 1 fully saturated rings. The summed E-state index contributed by atoms with van der Waals surface area (Å²) in [6, 6.07) is 10.8. The van der Waals surface area contributed by atoms with Crippen LogP contribution in [0.1, 0.15) is 10.4 Å². The summed E-state index contributed by atoms with van der Waals surface area (Å²) in [5.41, 5.74) is 0.274. The number of benzene rings is 1. The molecule has 6 heteroatoms. The number of methoxy groups -OCH3 is 1. The fourth-order valence-corrected chi connectivity index (χ4v) is 2.71. The normalized spacial score (nSPS) is 14.7. The minimum absolute atomic E-state index is 0.104. The lowest BCUT2D eigenvalue weighted by atomic mass is 10.1. The van der Waals surface area contributed by atoms with E-state index in [1.165, 1.54) is 7.11 Å². The number of carbonyl (C=O) groups is 1. The van der Waals surface area contributed by atoms with E-state index in [4.69, 9.17) is 4.74 Å². The van der Waals surface area contributed by atoms with Crippen LogP contribution < -0.4 is 9.64 Å². The van der Waals surface area contributed by atoms with E-state index in [0.29, 0.717) is 31.9 Å². The lowest BCUT2D eigenvalue weighted by Gasteiger charge is -2.35. The molecule has 1 amide bonds. The number of aromatic nitrogens is 1. The molecule has 3 rings (SSSR count). The first-order chi connectivity index (χ1) is 11.2. The molecular formula is C17H19N3O3. The minimum Gasteiger partial charge on any atom is -0.504 e. The van der Waals surface area contributed by atoms with Crippen molar-refractivity contribution in [1.82, 2.24) is 9.88 Å². The Kier molecular flexibility index (Phi) is 4.32. The molecule has 6 nitrogen and oxygen atoms in total. The Morgan fingerprint density at radius 1 is 1.13 bits per heavy atom. The Morgan fingerprint density at radius 3 is 2.57 bits per heavy atom. The number of anilines is 1. The maximum Gasteiger partial charge on any atom is 0.257 e. The molecule has 1 aromatic heterocycles. The van der Waals surface area contributed by atoms with Crippen molar-refractivity contribution in [2.45, 2.75) is 0 Å². The largest absolute Gasteiger partial charge is 0.504 e. The van der Waals surface area contributed by atoms with E-state index >= 15 is 0 Å². The second kappa shape index (κ2) is 6.56. The van der Waals surface area contributed by atoms with E-state index in [2.05, 4.69) is 9.88 Å². The molecule has 1 saturated heterocycles. The number of carbonyl (C=O) groups excluding carboxylic acids is 1. The zero-order chi connectivity index (χ0) is 16.2. The number of phenols is 1. The summed E-state index contributed by atoms with van der Waals surface area (Å²) in [6.45, 7) is 2.61. The van der Waals surface area contributed by atoms with E-state index in [0.717, 1.165) is 5.82 Å². The van der Waals surface area contributed by atoms with Crippen LogP contribution in [0.2, 0.25) is 0 Å². The lowest BCUT2D eigenvalue weighted by Crippen LogP contribution is -2.49. The monoisotopic (exact) mass is 313 g/mol. The molecule has 2 heterocycles. The van der Waals surface area contributed by atoms with E-state index in [1.54, 1.807) is 29.3 Å². The van der Waals surface area contributed by atoms with E-state index in [-0.39, 0.29) is 17.2 Å². The molecule has 0 aliphatic carbocycles. The fraction of sp³-hybridized carbons (Fsp3) is 0.294. The van der Waals surface area contributed by atoms with Gasteiger partial charge in [-0.1, -0.05) is 12.1 Å². The predicted molar refractivity (Wildman–Crippen MR) is 87.0 cm³/mol. The minimum atomic E-state index is -0.179. The van der Waals surface area contributed by atoms with Gasteiger partial charge in [-0.3, -0.25) is 4.79 Å². The van der Waals surface area contributed by atoms with E-state index in [1.807, 2.05) is 18.2 Å². The standard InChI is InChI=1S/C17H19N3O3/c1-23-14-6-4-5-13(16(14)21)17(22)20-11-9-19(10-12-20)15-7-2-3-8-18-15/h2-8,21H,9-12H2,1H3. The van der Waals surface area contributed by atoms with Gasteiger partial charge in [-0.05, 0) is 24.3 Å². The number of piperazine rings is 1. The summed E-state index contributed by atoms with van der Waals surface area (Å²) in [7, 11) is 1.47. The molecule has 23 heavy (non-hydrogen) atoms. The molecule has 1 aliphatic rings. The number of aromatic hydroxyl groups is 1. The van der Waals surface area contributed by atoms with Gasteiger partial charge in [0.25, 0.3) is 5.91 Å². The smallest absolute Gasteiger partial charge is 0.257 e. The highest BCUT2D eigenvalue weighted by Crippen LogP contribution is 2.30. The van der Waals surface area contributed by atoms with E-state index < -0.39 is 0 Å². The van der Waals surface area contributed by atoms with Gasteiger partial charge < -0.3 is 19.6 Å². The Bertz CT molecular complexity index is 683. The number of rotatable bonds is 3. The van der Waals surface area contributed by atoms with Crippen LogP contribution >= 0.6 is 0 Å². The molecule has 0 saturated carbocycles. The third kappa shape index (κ3) is 3.06. The number of nitrogens with zero attached hydrogens (tertiary/aromatic N) is 3. The summed E-state index contributed by atoms with van der Waals surface area (Å²) in [4.78, 5) is 20.8. The third-order valence-electron chi connectivity index (χ3n) is 3.99. The molecule has 0 bridgehead atoms. The Hall–Kier alpha value is -2.76. The van der Waals surface area contributed by atoms with Gasteiger partial charge in [-0.2, -0.15) is 0 Å². The van der Waals surface area contributed by atoms with Crippen LogP contribution in [0.3, 0.4) is 0 Å². The first kappa shape index (κ1) is 15.1. The SMILES string of the molecule is COc1cccc(C(=O)N2CCN(c3ccccn3)CC2)c1O. The average Bonchev–Trinajstić information content (AvgIpc) is 2.62. The van der Waals surface area contributed by atoms with Crippen molar-refractivity contribution in [1.29, 1.82) is 0 Å². The van der Waals surface area contributed by atoms with Crippen LogP contribution in [0, 0.1) is 0 Å². The van der Waals surface area contributed by atoms with Crippen LogP contribution in [0.15, 0.2) is 42.6 Å². The van der Waals surface area contributed by atoms with Crippen LogP contribution in [-0.4, -0.2) is 54.2 Å². The van der Waals surface area contributed by atoms with Crippen molar-refractivity contribution >= 4 is 11.7 Å². The number of para-hydroxylation sites is 1. The second-order valence-corrected chi connectivity index (χ2v) is 5.32. The van der Waals surface area contributed by atoms with Gasteiger partial charge in [-0.15, -0.1) is 0 Å². The van der Waals surface area contributed by atoms with Crippen molar-refractivity contribution < 1.29 is 14.6 Å². The Morgan fingerprint density at radius 2 is 1.91 bits per heavy atom. The van der Waals surface area contributed by atoms with Gasteiger partial charge in [0.05, 0.1) is 12.7 Å². The lowest BCUT2D eigenvalue weighted by molar-refractivity contribution is 0.0743. The number of ether oxygens (including phenoxy) is 1. The zero-order valence-electron chi connectivity index (χ0n) is 13.0. The fourth-order valence-electron chi connectivity index (χ4n) is 2.71. The molecule has 2 aromatic rings. The maximum absolute atomic E-state index is 12.6. The molecule has 120 valence electrons. The van der Waals surface area contributed by atoms with Gasteiger partial charge in [0.1, 0.15) is 5.82 Å². The Balaban J connectivity index is 1.69. The van der Waals surface area contributed by atoms with Gasteiger partial charge in [0.2, 0.25) is 0 Å². The van der Waals surface area contributed by atoms with Gasteiger partial charge >= 0.3 is 0 Å². The van der Waals surface area contributed by atoms with Crippen molar-refractivity contribution in [3.05, 3.63) is 48.2 Å². The van der Waals surface area contributed by atoms with Crippen LogP contribution in [0.25, 0.3) is 0 Å². The van der Waals surface area contributed by atoms with Crippen LogP contribution in [0.5, 0.6) is 11.5 Å². The van der Waals surface area contributed by atoms with Crippen molar-refractivity contribution in [3.63, 3.8) is 0 Å². The molecule has 1 aromatic carbocycles. The average molecular weight is 313 g/mol. The van der Waals surface area contributed by atoms with Crippen LogP contribution in [-0.2, 0) is 0 Å². The van der Waals surface area contributed by atoms with Crippen molar-refractivity contribution in [2.24, 2.45) is 0 Å². The predicted octanol–water partition coefficient (Wildman–Crippen LogP) is 1.76. The number of phenolic OH excluding ortho intramolecular Hbond substituents is 1. The summed E-state index contributed by atoms with van der Waals surface area (Å²) >= 11 is 0. The maximum atomic E-state index is 12.6. The molecule has 0 spiro atoms. The first-order valence-electron chi connectivity index (χ1n) is 7.52. The van der Waals surface area contributed by atoms with Crippen LogP contribution in [0.4, 0.5) is 5.82 Å². The number of hydrogen-bond acceptors (Lipinski definition) is 5. The highest BCUT2D eigenvalue weighted by Gasteiger charge is 2.25. The molecule has 1 aliphatic heterocycles. The number of hydrogen-bond donors (Lipinski definition) is 1. The number of pyridine rings is 1. The van der Waals surface area contributed by atoms with Crippen molar-refractivity contribution in [3.8, 4) is 11.5 Å². The zero-order valence-corrected chi connectivity index (χ0v) is 13.0. The van der Waals surface area contributed by atoms with Crippen molar-refractivity contribution in [2.75, 3.05) is 38.2 Å². The van der Waals surface area contributed by atoms with E-state index in [9.17, 15) is 9.90 Å². The summed E-state index contributed by atoms with van der Waals surface area (Å²) < 4.78 is 5.06. The Labute approximate surface area is 134 Å². The number of amides is 1. The molecule has 0 radical (unpaired) electrons. The summed E-state index contributed by atoms with van der Waals surface area (Å²) in [5.74, 6) is 0.945. The quantitative estimate of drug-likeness (QED) is 0.935. The van der Waals surface area contributed by atoms with Gasteiger partial charge in [0.15, 0.2) is 11.5 Å². The third-order valence-corrected chi connectivity index (χ3v) is 3.99. The van der Waals surface area contributed by atoms with Gasteiger partial charge in [-0.25, -0.2) is 4.98 Å². The molecule has 0 unspecified atom stereocenters. The highest BCUT2D eigenvalue weighted by molar-refractivity contribution is 5.97. The first-order valence-corrected chi connectivity index (χ1v) is 7.52. The topological polar surface area (TPSA) is 65.9 Å². The van der Waals surface area contributed by atoms with Gasteiger partial charge in [0, 0.05) is 32.4 Å².